The van der Waals surface area contributed by atoms with E-state index in [1.807, 2.05) is 43.3 Å². The Kier molecular flexibility index (Phi) is 5.21. The lowest BCUT2D eigenvalue weighted by Crippen LogP contribution is -2.14. The molecule has 0 bridgehead atoms. The lowest BCUT2D eigenvalue weighted by Gasteiger charge is -2.12. The first-order valence-corrected chi connectivity index (χ1v) is 7.53. The van der Waals surface area contributed by atoms with Crippen molar-refractivity contribution >= 4 is 39.1 Å². The Labute approximate surface area is 132 Å². The molecule has 0 aromatic heterocycles. The van der Waals surface area contributed by atoms with E-state index in [9.17, 15) is 4.79 Å². The lowest BCUT2D eigenvalue weighted by molar-refractivity contribution is -0.116. The van der Waals surface area contributed by atoms with Gasteiger partial charge in [-0.25, -0.2) is 0 Å². The first kappa shape index (κ1) is 15.1. The highest BCUT2D eigenvalue weighted by Gasteiger charge is 2.12. The number of anilines is 1. The van der Waals surface area contributed by atoms with Crippen LogP contribution >= 0.6 is 27.5 Å². The van der Waals surface area contributed by atoms with Gasteiger partial charge in [0.2, 0.25) is 5.91 Å². The van der Waals surface area contributed by atoms with Crippen LogP contribution in [-0.2, 0) is 4.79 Å². The molecule has 0 aliphatic carbocycles. The van der Waals surface area contributed by atoms with E-state index in [2.05, 4.69) is 21.2 Å². The summed E-state index contributed by atoms with van der Waals surface area (Å²) in [5.74, 6) is 0.135. The summed E-state index contributed by atoms with van der Waals surface area (Å²) in [4.78, 5) is 12.1. The minimum absolute atomic E-state index is 0.0365. The number of halogens is 2. The summed E-state index contributed by atoms with van der Waals surface area (Å²) in [6, 6.07) is 15.4. The number of carbonyl (C=O) groups is 1. The molecule has 4 heteroatoms. The second kappa shape index (κ2) is 6.91. The molecule has 1 atom stereocenters. The number of benzene rings is 2. The summed E-state index contributed by atoms with van der Waals surface area (Å²) in [6.45, 7) is 2.04. The normalized spacial score (nSPS) is 11.9. The van der Waals surface area contributed by atoms with Crippen molar-refractivity contribution in [2.75, 3.05) is 5.32 Å². The highest BCUT2D eigenvalue weighted by molar-refractivity contribution is 9.10. The highest BCUT2D eigenvalue weighted by atomic mass is 79.9. The summed E-state index contributed by atoms with van der Waals surface area (Å²) in [5.41, 5.74) is 1.80. The third-order valence-electron chi connectivity index (χ3n) is 3.07. The van der Waals surface area contributed by atoms with Gasteiger partial charge in [-0.3, -0.25) is 4.79 Å². The molecule has 1 N–H and O–H groups in total. The standard InChI is InChI=1S/C16H15BrClNO/c1-11(12-5-3-2-4-6-12)9-16(20)19-15-8-7-13(17)10-14(15)18/h2-8,10-11H,9H2,1H3,(H,19,20). The maximum atomic E-state index is 12.1. The third-order valence-corrected chi connectivity index (χ3v) is 3.87. The summed E-state index contributed by atoms with van der Waals surface area (Å²) in [6.07, 6.45) is 0.427. The number of hydrogen-bond donors (Lipinski definition) is 1. The van der Waals surface area contributed by atoms with Crippen molar-refractivity contribution in [3.63, 3.8) is 0 Å². The fourth-order valence-electron chi connectivity index (χ4n) is 1.97. The SMILES string of the molecule is CC(CC(=O)Nc1ccc(Br)cc1Cl)c1ccccc1. The molecule has 2 nitrogen and oxygen atoms in total. The molecule has 2 aromatic carbocycles. The molecule has 0 saturated heterocycles. The van der Waals surface area contributed by atoms with Crippen LogP contribution in [0.4, 0.5) is 5.69 Å². The molecule has 104 valence electrons. The minimum atomic E-state index is -0.0365. The van der Waals surface area contributed by atoms with Gasteiger partial charge in [-0.05, 0) is 29.7 Å². The molecule has 2 rings (SSSR count). The van der Waals surface area contributed by atoms with Crippen molar-refractivity contribution in [2.24, 2.45) is 0 Å². The molecule has 0 fully saturated rings. The van der Waals surface area contributed by atoms with Crippen LogP contribution in [-0.4, -0.2) is 5.91 Å². The summed E-state index contributed by atoms with van der Waals surface area (Å²) < 4.78 is 0.887. The van der Waals surface area contributed by atoms with Gasteiger partial charge in [0.15, 0.2) is 0 Å². The van der Waals surface area contributed by atoms with Crippen molar-refractivity contribution in [1.82, 2.24) is 0 Å². The Morgan fingerprint density at radius 2 is 1.95 bits per heavy atom. The molecule has 0 aliphatic rings. The van der Waals surface area contributed by atoms with Gasteiger partial charge in [-0.2, -0.15) is 0 Å². The highest BCUT2D eigenvalue weighted by Crippen LogP contribution is 2.26. The van der Waals surface area contributed by atoms with Gasteiger partial charge >= 0.3 is 0 Å². The number of hydrogen-bond acceptors (Lipinski definition) is 1. The zero-order valence-corrected chi connectivity index (χ0v) is 13.4. The van der Waals surface area contributed by atoms with E-state index in [0.717, 1.165) is 10.0 Å². The van der Waals surface area contributed by atoms with E-state index in [4.69, 9.17) is 11.6 Å². The van der Waals surface area contributed by atoms with Crippen LogP contribution < -0.4 is 5.32 Å². The molecule has 0 heterocycles. The van der Waals surface area contributed by atoms with Crippen molar-refractivity contribution in [3.8, 4) is 0 Å². The first-order valence-electron chi connectivity index (χ1n) is 6.36. The van der Waals surface area contributed by atoms with E-state index in [1.165, 1.54) is 0 Å². The quantitative estimate of drug-likeness (QED) is 0.801. The second-order valence-corrected chi connectivity index (χ2v) is 6.01. The van der Waals surface area contributed by atoms with Crippen LogP contribution in [0.25, 0.3) is 0 Å². The molecule has 0 spiro atoms. The summed E-state index contributed by atoms with van der Waals surface area (Å²) in [5, 5.41) is 3.37. The summed E-state index contributed by atoms with van der Waals surface area (Å²) in [7, 11) is 0. The molecule has 2 aromatic rings. The van der Waals surface area contributed by atoms with E-state index in [-0.39, 0.29) is 11.8 Å². The maximum Gasteiger partial charge on any atom is 0.225 e. The van der Waals surface area contributed by atoms with Crippen molar-refractivity contribution in [3.05, 3.63) is 63.6 Å². The van der Waals surface area contributed by atoms with E-state index in [1.54, 1.807) is 12.1 Å². The van der Waals surface area contributed by atoms with E-state index in [0.29, 0.717) is 17.1 Å². The van der Waals surface area contributed by atoms with Gasteiger partial charge in [0.1, 0.15) is 0 Å². The van der Waals surface area contributed by atoms with Gasteiger partial charge in [0.05, 0.1) is 10.7 Å². The molecular formula is C16H15BrClNO. The predicted octanol–water partition coefficient (Wildman–Crippen LogP) is 5.23. The van der Waals surface area contributed by atoms with Crippen molar-refractivity contribution in [2.45, 2.75) is 19.3 Å². The van der Waals surface area contributed by atoms with Gasteiger partial charge in [0.25, 0.3) is 0 Å². The number of nitrogens with one attached hydrogen (secondary N) is 1. The molecule has 0 radical (unpaired) electrons. The topological polar surface area (TPSA) is 29.1 Å². The van der Waals surface area contributed by atoms with Crippen LogP contribution in [0.2, 0.25) is 5.02 Å². The Morgan fingerprint density at radius 1 is 1.25 bits per heavy atom. The second-order valence-electron chi connectivity index (χ2n) is 4.69. The first-order chi connectivity index (χ1) is 9.56. The van der Waals surface area contributed by atoms with Crippen molar-refractivity contribution in [1.29, 1.82) is 0 Å². The van der Waals surface area contributed by atoms with Gasteiger partial charge in [-0.1, -0.05) is 64.8 Å². The zero-order valence-electron chi connectivity index (χ0n) is 11.1. The molecule has 20 heavy (non-hydrogen) atoms. The number of amides is 1. The molecule has 0 saturated carbocycles. The van der Waals surface area contributed by atoms with Crippen LogP contribution in [0.5, 0.6) is 0 Å². The Bertz CT molecular complexity index is 601. The molecule has 0 aliphatic heterocycles. The van der Waals surface area contributed by atoms with Crippen molar-refractivity contribution < 1.29 is 4.79 Å². The number of rotatable bonds is 4. The van der Waals surface area contributed by atoms with Crippen LogP contribution in [0.3, 0.4) is 0 Å². The minimum Gasteiger partial charge on any atom is -0.325 e. The van der Waals surface area contributed by atoms with Crippen LogP contribution in [0, 0.1) is 0 Å². The fraction of sp³-hybridized carbons (Fsp3) is 0.188. The average Bonchev–Trinajstić information content (AvgIpc) is 2.43. The molecule has 1 amide bonds. The monoisotopic (exact) mass is 351 g/mol. The Hall–Kier alpha value is -1.32. The van der Waals surface area contributed by atoms with Crippen LogP contribution in [0.15, 0.2) is 53.0 Å². The van der Waals surface area contributed by atoms with E-state index < -0.39 is 0 Å². The Balaban J connectivity index is 1.99. The van der Waals surface area contributed by atoms with Gasteiger partial charge in [0, 0.05) is 10.9 Å². The van der Waals surface area contributed by atoms with Crippen LogP contribution in [0.1, 0.15) is 24.8 Å². The van der Waals surface area contributed by atoms with E-state index >= 15 is 0 Å². The zero-order chi connectivity index (χ0) is 14.5. The summed E-state index contributed by atoms with van der Waals surface area (Å²) >= 11 is 9.42. The largest absolute Gasteiger partial charge is 0.325 e. The fourth-order valence-corrected chi connectivity index (χ4v) is 2.69. The predicted molar refractivity (Wildman–Crippen MR) is 87.3 cm³/mol. The number of carbonyl (C=O) groups excluding carboxylic acids is 1. The Morgan fingerprint density at radius 3 is 2.60 bits per heavy atom. The lowest BCUT2D eigenvalue weighted by atomic mass is 9.97. The molecule has 1 unspecified atom stereocenters. The van der Waals surface area contributed by atoms with Gasteiger partial charge in [-0.15, -0.1) is 0 Å². The maximum absolute atomic E-state index is 12.1. The third kappa shape index (κ3) is 4.09. The molecular weight excluding hydrogens is 338 g/mol. The average molecular weight is 353 g/mol. The van der Waals surface area contributed by atoms with Gasteiger partial charge < -0.3 is 5.32 Å². The smallest absolute Gasteiger partial charge is 0.225 e.